The van der Waals surface area contributed by atoms with Gasteiger partial charge >= 0.3 is 0 Å². The van der Waals surface area contributed by atoms with Gasteiger partial charge in [-0.2, -0.15) is 0 Å². The maximum atomic E-state index is 3.39. The van der Waals surface area contributed by atoms with Crippen LogP contribution in [0.2, 0.25) is 0 Å². The van der Waals surface area contributed by atoms with Crippen molar-refractivity contribution < 1.29 is 0 Å². The van der Waals surface area contributed by atoms with E-state index in [4.69, 9.17) is 0 Å². The van der Waals surface area contributed by atoms with Gasteiger partial charge in [0.1, 0.15) is 0 Å². The Kier molecular flexibility index (Phi) is 2.26. The Hall–Kier alpha value is 0.570. The van der Waals surface area contributed by atoms with Crippen molar-refractivity contribution >= 4 is 27.7 Å². The van der Waals surface area contributed by atoms with Crippen LogP contribution in [0, 0.1) is 0 Å². The highest BCUT2D eigenvalue weighted by Crippen LogP contribution is 2.25. The number of allylic oxidation sites excluding steroid dienone is 2. The Morgan fingerprint density at radius 1 is 1.86 bits per heavy atom. The van der Waals surface area contributed by atoms with Crippen LogP contribution < -0.4 is 0 Å². The third kappa shape index (κ3) is 1.50. The monoisotopic (exact) mass is 178 g/mol. The second-order valence-electron chi connectivity index (χ2n) is 1.44. The Bertz CT molecular complexity index is 88.1. The van der Waals surface area contributed by atoms with E-state index in [-0.39, 0.29) is 0 Å². The maximum absolute atomic E-state index is 3.39. The van der Waals surface area contributed by atoms with E-state index in [1.165, 1.54) is 17.1 Å². The predicted molar refractivity (Wildman–Crippen MR) is 39.0 cm³/mol. The first-order valence-corrected chi connectivity index (χ1v) is 4.42. The molecule has 1 rings (SSSR count). The van der Waals surface area contributed by atoms with Crippen LogP contribution in [0.15, 0.2) is 11.0 Å². The first-order valence-electron chi connectivity index (χ1n) is 2.31. The van der Waals surface area contributed by atoms with Crippen molar-refractivity contribution in [2.24, 2.45) is 0 Å². The van der Waals surface area contributed by atoms with Crippen LogP contribution in [0.1, 0.15) is 6.42 Å². The highest BCUT2D eigenvalue weighted by molar-refractivity contribution is 9.09. The smallest absolute Gasteiger partial charge is 0.0339 e. The SMILES string of the molecule is BrCC1=CCCS1. The average Bonchev–Trinajstić information content (AvgIpc) is 2.14. The first kappa shape index (κ1) is 5.70. The molecular weight excluding hydrogens is 172 g/mol. The summed E-state index contributed by atoms with van der Waals surface area (Å²) < 4.78 is 0. The van der Waals surface area contributed by atoms with Crippen molar-refractivity contribution in [1.82, 2.24) is 0 Å². The van der Waals surface area contributed by atoms with E-state index >= 15 is 0 Å². The lowest BCUT2D eigenvalue weighted by Crippen LogP contribution is -1.67. The molecule has 1 heterocycles. The number of halogens is 1. The van der Waals surface area contributed by atoms with Gasteiger partial charge in [-0.25, -0.2) is 0 Å². The number of rotatable bonds is 1. The van der Waals surface area contributed by atoms with Crippen molar-refractivity contribution in [2.45, 2.75) is 6.42 Å². The third-order valence-electron chi connectivity index (χ3n) is 0.909. The Morgan fingerprint density at radius 3 is 3.00 bits per heavy atom. The molecule has 0 radical (unpaired) electrons. The summed E-state index contributed by atoms with van der Waals surface area (Å²) in [6.07, 6.45) is 3.56. The van der Waals surface area contributed by atoms with Crippen LogP contribution >= 0.6 is 27.7 Å². The minimum Gasteiger partial charge on any atom is -0.130 e. The number of hydrogen-bond donors (Lipinski definition) is 0. The summed E-state index contributed by atoms with van der Waals surface area (Å²) in [4.78, 5) is 1.50. The van der Waals surface area contributed by atoms with Crippen molar-refractivity contribution in [3.63, 3.8) is 0 Å². The minimum absolute atomic E-state index is 1.05. The quantitative estimate of drug-likeness (QED) is 0.557. The standard InChI is InChI=1S/C5H7BrS/c6-4-5-2-1-3-7-5/h2H,1,3-4H2. The molecule has 0 aromatic rings. The molecular formula is C5H7BrS. The van der Waals surface area contributed by atoms with Gasteiger partial charge in [0.25, 0.3) is 0 Å². The van der Waals surface area contributed by atoms with E-state index in [0.717, 1.165) is 5.33 Å². The van der Waals surface area contributed by atoms with E-state index in [0.29, 0.717) is 0 Å². The summed E-state index contributed by atoms with van der Waals surface area (Å²) in [5.41, 5.74) is 0. The fourth-order valence-corrected chi connectivity index (χ4v) is 2.09. The van der Waals surface area contributed by atoms with Gasteiger partial charge in [0.05, 0.1) is 0 Å². The average molecular weight is 179 g/mol. The lowest BCUT2D eigenvalue weighted by molar-refractivity contribution is 1.27. The largest absolute Gasteiger partial charge is 0.130 e. The molecule has 2 heteroatoms. The minimum atomic E-state index is 1.05. The molecule has 7 heavy (non-hydrogen) atoms. The zero-order chi connectivity index (χ0) is 5.11. The maximum Gasteiger partial charge on any atom is 0.0339 e. The van der Waals surface area contributed by atoms with Gasteiger partial charge in [-0.15, -0.1) is 11.8 Å². The molecule has 1 aliphatic rings. The van der Waals surface area contributed by atoms with Crippen molar-refractivity contribution in [1.29, 1.82) is 0 Å². The van der Waals surface area contributed by atoms with Crippen molar-refractivity contribution in [2.75, 3.05) is 11.1 Å². The van der Waals surface area contributed by atoms with E-state index in [1.807, 2.05) is 11.8 Å². The molecule has 40 valence electrons. The van der Waals surface area contributed by atoms with Gasteiger partial charge in [-0.05, 0) is 11.3 Å². The van der Waals surface area contributed by atoms with Crippen LogP contribution in [0.3, 0.4) is 0 Å². The van der Waals surface area contributed by atoms with Crippen LogP contribution in [-0.4, -0.2) is 11.1 Å². The summed E-state index contributed by atoms with van der Waals surface area (Å²) >= 11 is 5.34. The summed E-state index contributed by atoms with van der Waals surface area (Å²) in [7, 11) is 0. The highest BCUT2D eigenvalue weighted by atomic mass is 79.9. The summed E-state index contributed by atoms with van der Waals surface area (Å²) in [5.74, 6) is 1.29. The topological polar surface area (TPSA) is 0 Å². The summed E-state index contributed by atoms with van der Waals surface area (Å²) in [6, 6.07) is 0. The van der Waals surface area contributed by atoms with Crippen LogP contribution in [0.25, 0.3) is 0 Å². The molecule has 0 aromatic heterocycles. The van der Waals surface area contributed by atoms with Gasteiger partial charge in [-0.3, -0.25) is 0 Å². The molecule has 0 N–H and O–H groups in total. The Balaban J connectivity index is 2.36. The highest BCUT2D eigenvalue weighted by Gasteiger charge is 2.00. The van der Waals surface area contributed by atoms with Gasteiger partial charge in [0.15, 0.2) is 0 Å². The van der Waals surface area contributed by atoms with Gasteiger partial charge < -0.3 is 0 Å². The molecule has 0 aromatic carbocycles. The van der Waals surface area contributed by atoms with Crippen LogP contribution in [-0.2, 0) is 0 Å². The van der Waals surface area contributed by atoms with Gasteiger partial charge in [0.2, 0.25) is 0 Å². The van der Waals surface area contributed by atoms with Crippen molar-refractivity contribution in [3.8, 4) is 0 Å². The lowest BCUT2D eigenvalue weighted by atomic mass is 10.4. The van der Waals surface area contributed by atoms with E-state index in [2.05, 4.69) is 22.0 Å². The fourth-order valence-electron chi connectivity index (χ4n) is 0.562. The second-order valence-corrected chi connectivity index (χ2v) is 3.22. The number of hydrogen-bond acceptors (Lipinski definition) is 1. The lowest BCUT2D eigenvalue weighted by Gasteiger charge is -1.87. The Morgan fingerprint density at radius 2 is 2.71 bits per heavy atom. The predicted octanol–water partition coefficient (Wildman–Crippen LogP) is 2.40. The number of thioether (sulfide) groups is 1. The van der Waals surface area contributed by atoms with Crippen LogP contribution in [0.5, 0.6) is 0 Å². The Labute approximate surface area is 56.5 Å². The molecule has 0 aliphatic carbocycles. The van der Waals surface area contributed by atoms with Crippen molar-refractivity contribution in [3.05, 3.63) is 11.0 Å². The van der Waals surface area contributed by atoms with E-state index in [1.54, 1.807) is 0 Å². The van der Waals surface area contributed by atoms with E-state index < -0.39 is 0 Å². The molecule has 0 fully saturated rings. The molecule has 0 saturated carbocycles. The van der Waals surface area contributed by atoms with Gasteiger partial charge in [0, 0.05) is 11.1 Å². The van der Waals surface area contributed by atoms with Gasteiger partial charge in [-0.1, -0.05) is 22.0 Å². The zero-order valence-electron chi connectivity index (χ0n) is 3.98. The molecule has 0 spiro atoms. The third-order valence-corrected chi connectivity index (χ3v) is 3.01. The molecule has 0 unspecified atom stereocenters. The molecule has 0 saturated heterocycles. The van der Waals surface area contributed by atoms with Crippen LogP contribution in [0.4, 0.5) is 0 Å². The molecule has 0 nitrogen and oxygen atoms in total. The fraction of sp³-hybridized carbons (Fsp3) is 0.600. The van der Waals surface area contributed by atoms with E-state index in [9.17, 15) is 0 Å². The zero-order valence-corrected chi connectivity index (χ0v) is 6.39. The number of alkyl halides is 1. The molecule has 0 bridgehead atoms. The summed E-state index contributed by atoms with van der Waals surface area (Å²) in [5, 5.41) is 1.05. The first-order chi connectivity index (χ1) is 3.43. The molecule has 0 atom stereocenters. The molecule has 1 aliphatic heterocycles. The summed E-state index contributed by atoms with van der Waals surface area (Å²) in [6.45, 7) is 0. The molecule has 0 amide bonds. The normalized spacial score (nSPS) is 19.9. The second kappa shape index (κ2) is 2.78.